The van der Waals surface area contributed by atoms with Crippen molar-refractivity contribution in [2.45, 2.75) is 94.8 Å². The first-order chi connectivity index (χ1) is 17.6. The number of hydrogen-bond donors (Lipinski definition) is 0. The van der Waals surface area contributed by atoms with Gasteiger partial charge >= 0.3 is 0 Å². The zero-order valence-corrected chi connectivity index (χ0v) is 21.2. The van der Waals surface area contributed by atoms with E-state index >= 15 is 0 Å². The summed E-state index contributed by atoms with van der Waals surface area (Å²) in [7, 11) is 0. The van der Waals surface area contributed by atoms with Crippen LogP contribution in [0.5, 0.6) is 0 Å². The lowest BCUT2D eigenvalue weighted by Gasteiger charge is -2.52. The van der Waals surface area contributed by atoms with Crippen LogP contribution in [-0.4, -0.2) is 55.1 Å². The molecule has 0 aliphatic carbocycles. The molecule has 194 valence electrons. The van der Waals surface area contributed by atoms with Crippen LogP contribution >= 0.6 is 0 Å². The fourth-order valence-electron chi connectivity index (χ4n) is 5.62. The quantitative estimate of drug-likeness (QED) is 0.456. The molecule has 0 amide bonds. The predicted molar refractivity (Wildman–Crippen MR) is 136 cm³/mol. The molecular formula is C30H38O6. The van der Waals surface area contributed by atoms with Crippen LogP contribution < -0.4 is 0 Å². The lowest BCUT2D eigenvalue weighted by Crippen LogP contribution is -2.62. The van der Waals surface area contributed by atoms with Crippen LogP contribution in [0.2, 0.25) is 0 Å². The number of ether oxygens (including phenoxy) is 5. The molecule has 0 radical (unpaired) electrons. The molecular weight excluding hydrogens is 456 g/mol. The molecule has 2 aromatic rings. The number of hydrogen-bond acceptors (Lipinski definition) is 6. The van der Waals surface area contributed by atoms with Crippen molar-refractivity contribution < 1.29 is 28.5 Å². The minimum absolute atomic E-state index is 0.0732. The number of fused-ring (bicyclic) bond motifs is 2. The number of carbonyl (C=O) groups excluding carboxylic acids is 1. The van der Waals surface area contributed by atoms with E-state index in [0.717, 1.165) is 31.2 Å². The van der Waals surface area contributed by atoms with Crippen molar-refractivity contribution in [3.63, 3.8) is 0 Å². The van der Waals surface area contributed by atoms with Crippen molar-refractivity contribution in [2.75, 3.05) is 13.2 Å². The largest absolute Gasteiger partial charge is 0.377 e. The third kappa shape index (κ3) is 6.42. The normalized spacial score (nSPS) is 32.4. The molecule has 0 unspecified atom stereocenters. The van der Waals surface area contributed by atoms with Crippen molar-refractivity contribution >= 4 is 5.78 Å². The molecule has 3 saturated heterocycles. The van der Waals surface area contributed by atoms with Gasteiger partial charge in [0.05, 0.1) is 43.2 Å². The van der Waals surface area contributed by atoms with Crippen LogP contribution in [-0.2, 0) is 41.7 Å². The summed E-state index contributed by atoms with van der Waals surface area (Å²) in [6, 6.07) is 20.5. The van der Waals surface area contributed by atoms with Gasteiger partial charge in [0.15, 0.2) is 5.78 Å². The number of rotatable bonds is 9. The Hall–Kier alpha value is -2.09. The maximum Gasteiger partial charge on any atom is 0.158 e. The number of ketones is 1. The minimum Gasteiger partial charge on any atom is -0.377 e. The van der Waals surface area contributed by atoms with E-state index in [1.807, 2.05) is 36.4 Å². The van der Waals surface area contributed by atoms with Gasteiger partial charge in [0.25, 0.3) is 0 Å². The van der Waals surface area contributed by atoms with Gasteiger partial charge in [0.2, 0.25) is 0 Å². The Morgan fingerprint density at radius 2 is 1.69 bits per heavy atom. The highest BCUT2D eigenvalue weighted by Gasteiger charge is 2.53. The molecule has 36 heavy (non-hydrogen) atoms. The molecule has 6 atom stereocenters. The molecule has 2 aromatic carbocycles. The molecule has 6 nitrogen and oxygen atoms in total. The third-order valence-corrected chi connectivity index (χ3v) is 7.71. The van der Waals surface area contributed by atoms with Crippen molar-refractivity contribution in [2.24, 2.45) is 0 Å². The summed E-state index contributed by atoms with van der Waals surface area (Å²) in [6.07, 6.45) is 4.08. The van der Waals surface area contributed by atoms with E-state index in [2.05, 4.69) is 31.2 Å². The van der Waals surface area contributed by atoms with Gasteiger partial charge in [-0.05, 0) is 37.3 Å². The van der Waals surface area contributed by atoms with Gasteiger partial charge in [-0.1, -0.05) is 60.7 Å². The summed E-state index contributed by atoms with van der Waals surface area (Å²) in [5, 5.41) is 0. The standard InChI is InChI=1S/C30H38O6/c1-30-15-14-24(31)21-34-28(30)18-27-29(36-30)26(33-20-23-11-6-3-7-12-23)17-25(35-27)13-8-16-32-19-22-9-4-2-5-10-22/h2-7,9-12,25-29H,8,13-21H2,1H3/t25-,26+,27-,28+,29+,30-/m1/s1. The van der Waals surface area contributed by atoms with Crippen molar-refractivity contribution in [3.05, 3.63) is 71.8 Å². The molecule has 5 rings (SSSR count). The van der Waals surface area contributed by atoms with Crippen LogP contribution in [0.25, 0.3) is 0 Å². The van der Waals surface area contributed by atoms with Crippen LogP contribution in [0.4, 0.5) is 0 Å². The molecule has 0 aromatic heterocycles. The second-order valence-electron chi connectivity index (χ2n) is 10.5. The average Bonchev–Trinajstić information content (AvgIpc) is 3.05. The van der Waals surface area contributed by atoms with Gasteiger partial charge in [0, 0.05) is 25.9 Å². The SMILES string of the molecule is C[C@@]12CCC(=O)CO[C@H]1C[C@H]1O[C@H](CCCOCc3ccccc3)C[C@H](OCc3ccccc3)[C@@H]1O2. The highest BCUT2D eigenvalue weighted by molar-refractivity contribution is 5.80. The van der Waals surface area contributed by atoms with Crippen molar-refractivity contribution in [1.82, 2.24) is 0 Å². The van der Waals surface area contributed by atoms with Crippen LogP contribution in [0.3, 0.4) is 0 Å². The van der Waals surface area contributed by atoms with E-state index in [1.54, 1.807) is 0 Å². The molecule has 3 heterocycles. The monoisotopic (exact) mass is 494 g/mol. The molecule has 6 heteroatoms. The first-order valence-electron chi connectivity index (χ1n) is 13.3. The van der Waals surface area contributed by atoms with E-state index in [1.165, 1.54) is 5.56 Å². The first-order valence-corrected chi connectivity index (χ1v) is 13.3. The van der Waals surface area contributed by atoms with Gasteiger partial charge < -0.3 is 23.7 Å². The van der Waals surface area contributed by atoms with Crippen LogP contribution in [0, 0.1) is 0 Å². The van der Waals surface area contributed by atoms with E-state index in [0.29, 0.717) is 32.7 Å². The molecule has 3 aliphatic heterocycles. The molecule has 3 fully saturated rings. The smallest absolute Gasteiger partial charge is 0.158 e. The van der Waals surface area contributed by atoms with Gasteiger partial charge in [-0.25, -0.2) is 0 Å². The summed E-state index contributed by atoms with van der Waals surface area (Å²) in [5.74, 6) is 0.142. The minimum atomic E-state index is -0.497. The van der Waals surface area contributed by atoms with Crippen molar-refractivity contribution in [1.29, 1.82) is 0 Å². The summed E-state index contributed by atoms with van der Waals surface area (Å²) >= 11 is 0. The summed E-state index contributed by atoms with van der Waals surface area (Å²) in [5.41, 5.74) is 1.84. The number of benzene rings is 2. The maximum atomic E-state index is 12.1. The highest BCUT2D eigenvalue weighted by atomic mass is 16.6. The summed E-state index contributed by atoms with van der Waals surface area (Å²) in [4.78, 5) is 12.1. The maximum absolute atomic E-state index is 12.1. The fourth-order valence-corrected chi connectivity index (χ4v) is 5.62. The second kappa shape index (κ2) is 12.0. The number of Topliss-reactive ketones (excluding diaryl/α,β-unsaturated/α-hetero) is 1. The van der Waals surface area contributed by atoms with Crippen LogP contribution in [0.1, 0.15) is 56.6 Å². The molecule has 0 bridgehead atoms. The lowest BCUT2D eigenvalue weighted by atomic mass is 9.81. The Balaban J connectivity index is 1.20. The molecule has 0 saturated carbocycles. The molecule has 3 aliphatic rings. The Kier molecular flexibility index (Phi) is 8.50. The average molecular weight is 495 g/mol. The summed E-state index contributed by atoms with van der Waals surface area (Å²) < 4.78 is 31.7. The van der Waals surface area contributed by atoms with E-state index < -0.39 is 5.60 Å². The van der Waals surface area contributed by atoms with Crippen LogP contribution in [0.15, 0.2) is 60.7 Å². The number of carbonyl (C=O) groups is 1. The van der Waals surface area contributed by atoms with E-state index in [-0.39, 0.29) is 42.9 Å². The van der Waals surface area contributed by atoms with Gasteiger partial charge in [-0.2, -0.15) is 0 Å². The lowest BCUT2D eigenvalue weighted by molar-refractivity contribution is -0.293. The van der Waals surface area contributed by atoms with E-state index in [4.69, 9.17) is 23.7 Å². The van der Waals surface area contributed by atoms with Gasteiger partial charge in [-0.3, -0.25) is 4.79 Å². The first kappa shape index (κ1) is 25.6. The Labute approximate surface area is 214 Å². The summed E-state index contributed by atoms with van der Waals surface area (Å²) in [6.45, 7) is 4.11. The molecule has 0 spiro atoms. The Bertz CT molecular complexity index is 966. The Morgan fingerprint density at radius 1 is 0.972 bits per heavy atom. The van der Waals surface area contributed by atoms with Crippen molar-refractivity contribution in [3.8, 4) is 0 Å². The predicted octanol–water partition coefficient (Wildman–Crippen LogP) is 5.02. The second-order valence-corrected chi connectivity index (χ2v) is 10.5. The highest BCUT2D eigenvalue weighted by Crippen LogP contribution is 2.42. The Morgan fingerprint density at radius 3 is 2.44 bits per heavy atom. The fraction of sp³-hybridized carbons (Fsp3) is 0.567. The topological polar surface area (TPSA) is 63.2 Å². The van der Waals surface area contributed by atoms with Gasteiger partial charge in [-0.15, -0.1) is 0 Å². The van der Waals surface area contributed by atoms with Gasteiger partial charge in [0.1, 0.15) is 12.7 Å². The third-order valence-electron chi connectivity index (χ3n) is 7.71. The zero-order valence-electron chi connectivity index (χ0n) is 21.2. The molecule has 0 N–H and O–H groups in total. The zero-order chi connectivity index (χ0) is 24.8. The van der Waals surface area contributed by atoms with E-state index in [9.17, 15) is 4.79 Å².